The fourth-order valence-electron chi connectivity index (χ4n) is 4.74. The number of carbonyl (C=O) groups is 1. The van der Waals surface area contributed by atoms with E-state index >= 15 is 0 Å². The van der Waals surface area contributed by atoms with Crippen molar-refractivity contribution in [2.45, 2.75) is 65.0 Å². The van der Waals surface area contributed by atoms with Crippen LogP contribution in [-0.2, 0) is 11.3 Å². The van der Waals surface area contributed by atoms with Gasteiger partial charge in [-0.25, -0.2) is 9.78 Å². The number of ether oxygens (including phenoxy) is 2. The van der Waals surface area contributed by atoms with Gasteiger partial charge >= 0.3 is 5.97 Å². The second-order valence-corrected chi connectivity index (χ2v) is 9.11. The molecule has 1 aromatic heterocycles. The summed E-state index contributed by atoms with van der Waals surface area (Å²) in [4.78, 5) is 22.0. The summed E-state index contributed by atoms with van der Waals surface area (Å²) in [6, 6.07) is 8.44. The monoisotopic (exact) mass is 455 g/mol. The van der Waals surface area contributed by atoms with Gasteiger partial charge in [0.05, 0.1) is 13.2 Å². The molecule has 0 radical (unpaired) electrons. The van der Waals surface area contributed by atoms with Crippen LogP contribution in [0.5, 0.6) is 5.75 Å². The molecule has 0 saturated carbocycles. The van der Waals surface area contributed by atoms with E-state index in [1.165, 1.54) is 38.6 Å². The van der Waals surface area contributed by atoms with Crippen molar-refractivity contribution in [3.05, 3.63) is 35.7 Å². The lowest BCUT2D eigenvalue weighted by Crippen LogP contribution is -2.29. The van der Waals surface area contributed by atoms with Crippen molar-refractivity contribution >= 4 is 5.97 Å². The highest BCUT2D eigenvalue weighted by molar-refractivity contribution is 5.88. The Morgan fingerprint density at radius 3 is 2.61 bits per heavy atom. The zero-order valence-corrected chi connectivity index (χ0v) is 20.1. The van der Waals surface area contributed by atoms with E-state index in [0.29, 0.717) is 37.4 Å². The Morgan fingerprint density at radius 1 is 1.12 bits per heavy atom. The lowest BCUT2D eigenvalue weighted by molar-refractivity contribution is 0.0487. The average molecular weight is 456 g/mol. The van der Waals surface area contributed by atoms with Gasteiger partial charge in [0.25, 0.3) is 0 Å². The Kier molecular flexibility index (Phi) is 8.40. The van der Waals surface area contributed by atoms with E-state index in [9.17, 15) is 4.79 Å². The molecule has 3 heterocycles. The third kappa shape index (κ3) is 6.36. The quantitative estimate of drug-likeness (QED) is 0.378. The van der Waals surface area contributed by atoms with Gasteiger partial charge in [0.2, 0.25) is 11.7 Å². The van der Waals surface area contributed by atoms with E-state index in [1.807, 2.05) is 24.3 Å². The smallest absolute Gasteiger partial charge is 0.376 e. The molecule has 2 aliphatic rings. The molecule has 2 saturated heterocycles. The zero-order valence-electron chi connectivity index (χ0n) is 20.1. The third-order valence-corrected chi connectivity index (χ3v) is 6.63. The van der Waals surface area contributed by atoms with Crippen molar-refractivity contribution in [1.29, 1.82) is 0 Å². The average Bonchev–Trinajstić information content (AvgIpc) is 3.44. The number of esters is 1. The molecule has 1 atom stereocenters. The van der Waals surface area contributed by atoms with Gasteiger partial charge in [-0.3, -0.25) is 4.90 Å². The molecular weight excluding hydrogens is 418 g/mol. The normalized spacial score (nSPS) is 19.6. The summed E-state index contributed by atoms with van der Waals surface area (Å²) >= 11 is 0. The fourth-order valence-corrected chi connectivity index (χ4v) is 4.74. The summed E-state index contributed by atoms with van der Waals surface area (Å²) in [5.41, 5.74) is 1.48. The Labute approximate surface area is 197 Å². The van der Waals surface area contributed by atoms with Gasteiger partial charge < -0.3 is 18.8 Å². The SMILES string of the molecule is CCOC(=O)c1oc(-c2ccc(OCCCN3CCCC3C)cc2)nc1CN1CCCCC1. The second kappa shape index (κ2) is 11.7. The van der Waals surface area contributed by atoms with E-state index in [4.69, 9.17) is 13.9 Å². The van der Waals surface area contributed by atoms with Gasteiger partial charge in [-0.1, -0.05) is 6.42 Å². The summed E-state index contributed by atoms with van der Waals surface area (Å²) < 4.78 is 17.0. The Bertz CT molecular complexity index is 889. The molecule has 7 nitrogen and oxygen atoms in total. The first-order chi connectivity index (χ1) is 16.1. The lowest BCUT2D eigenvalue weighted by Gasteiger charge is -2.25. The van der Waals surface area contributed by atoms with Crippen molar-refractivity contribution in [1.82, 2.24) is 14.8 Å². The molecule has 1 aromatic carbocycles. The maximum atomic E-state index is 12.5. The minimum Gasteiger partial charge on any atom is -0.494 e. The van der Waals surface area contributed by atoms with Gasteiger partial charge in [0.1, 0.15) is 11.4 Å². The van der Waals surface area contributed by atoms with Gasteiger partial charge in [-0.15, -0.1) is 0 Å². The van der Waals surface area contributed by atoms with E-state index in [1.54, 1.807) is 6.92 Å². The molecule has 1 unspecified atom stereocenters. The maximum Gasteiger partial charge on any atom is 0.376 e. The second-order valence-electron chi connectivity index (χ2n) is 9.11. The highest BCUT2D eigenvalue weighted by Gasteiger charge is 2.24. The van der Waals surface area contributed by atoms with Crippen LogP contribution in [0.4, 0.5) is 0 Å². The Balaban J connectivity index is 1.37. The molecular formula is C26H37N3O4. The van der Waals surface area contributed by atoms with E-state index in [-0.39, 0.29) is 5.76 Å². The number of benzene rings is 1. The predicted molar refractivity (Wildman–Crippen MR) is 127 cm³/mol. The number of piperidine rings is 1. The predicted octanol–water partition coefficient (Wildman–Crippen LogP) is 4.76. The summed E-state index contributed by atoms with van der Waals surface area (Å²) in [5.74, 6) is 1.04. The fraction of sp³-hybridized carbons (Fsp3) is 0.615. The Morgan fingerprint density at radius 2 is 1.91 bits per heavy atom. The molecule has 2 fully saturated rings. The minimum atomic E-state index is -0.449. The summed E-state index contributed by atoms with van der Waals surface area (Å²) in [5, 5.41) is 0. The zero-order chi connectivity index (χ0) is 23.0. The molecule has 0 bridgehead atoms. The number of nitrogens with zero attached hydrogens (tertiary/aromatic N) is 3. The number of rotatable bonds is 10. The molecule has 2 aliphatic heterocycles. The lowest BCUT2D eigenvalue weighted by atomic mass is 10.1. The first-order valence-corrected chi connectivity index (χ1v) is 12.5. The standard InChI is InChI=1S/C26H37N3O4/c1-3-31-26(30)24-23(19-28-14-5-4-6-15-28)27-25(33-24)21-10-12-22(13-11-21)32-18-8-17-29-16-7-9-20(29)2/h10-13,20H,3-9,14-19H2,1-2H3. The number of aromatic nitrogens is 1. The van der Waals surface area contributed by atoms with Crippen molar-refractivity contribution in [3.63, 3.8) is 0 Å². The van der Waals surface area contributed by atoms with Crippen molar-refractivity contribution in [2.75, 3.05) is 39.4 Å². The van der Waals surface area contributed by atoms with Crippen LogP contribution in [0, 0.1) is 0 Å². The number of hydrogen-bond donors (Lipinski definition) is 0. The van der Waals surface area contributed by atoms with Crippen molar-refractivity contribution < 1.29 is 18.7 Å². The van der Waals surface area contributed by atoms with Crippen LogP contribution in [0.2, 0.25) is 0 Å². The first kappa shape index (κ1) is 23.8. The first-order valence-electron chi connectivity index (χ1n) is 12.5. The summed E-state index contributed by atoms with van der Waals surface area (Å²) in [6.45, 7) is 10.1. The third-order valence-electron chi connectivity index (χ3n) is 6.63. The van der Waals surface area contributed by atoms with Crippen LogP contribution in [0.3, 0.4) is 0 Å². The van der Waals surface area contributed by atoms with Crippen LogP contribution in [-0.4, -0.2) is 66.2 Å². The molecule has 7 heteroatoms. The molecule has 0 amide bonds. The molecule has 2 aromatic rings. The molecule has 4 rings (SSSR count). The topological polar surface area (TPSA) is 68.0 Å². The van der Waals surface area contributed by atoms with Gasteiger partial charge in [0, 0.05) is 24.7 Å². The van der Waals surface area contributed by atoms with Crippen LogP contribution in [0.25, 0.3) is 11.5 Å². The van der Waals surface area contributed by atoms with Crippen molar-refractivity contribution in [2.24, 2.45) is 0 Å². The van der Waals surface area contributed by atoms with E-state index in [2.05, 4.69) is 21.7 Å². The Hall–Kier alpha value is -2.38. The number of hydrogen-bond acceptors (Lipinski definition) is 7. The molecule has 180 valence electrons. The minimum absolute atomic E-state index is 0.217. The number of carbonyl (C=O) groups excluding carboxylic acids is 1. The van der Waals surface area contributed by atoms with Crippen LogP contribution >= 0.6 is 0 Å². The maximum absolute atomic E-state index is 12.5. The largest absolute Gasteiger partial charge is 0.494 e. The summed E-state index contributed by atoms with van der Waals surface area (Å²) in [6.07, 6.45) is 7.25. The highest BCUT2D eigenvalue weighted by Crippen LogP contribution is 2.26. The number of likely N-dealkylation sites (tertiary alicyclic amines) is 2. The molecule has 0 aliphatic carbocycles. The molecule has 33 heavy (non-hydrogen) atoms. The van der Waals surface area contributed by atoms with Crippen LogP contribution < -0.4 is 4.74 Å². The van der Waals surface area contributed by atoms with E-state index in [0.717, 1.165) is 37.4 Å². The van der Waals surface area contributed by atoms with Gasteiger partial charge in [-0.05, 0) is 89.9 Å². The van der Waals surface area contributed by atoms with Crippen LogP contribution in [0.15, 0.2) is 28.7 Å². The molecule has 0 spiro atoms. The van der Waals surface area contributed by atoms with Gasteiger partial charge in [-0.2, -0.15) is 0 Å². The molecule has 0 N–H and O–H groups in total. The summed E-state index contributed by atoms with van der Waals surface area (Å²) in [7, 11) is 0. The van der Waals surface area contributed by atoms with Crippen molar-refractivity contribution in [3.8, 4) is 17.2 Å². The van der Waals surface area contributed by atoms with Gasteiger partial charge in [0.15, 0.2) is 0 Å². The highest BCUT2D eigenvalue weighted by atomic mass is 16.5. The van der Waals surface area contributed by atoms with Crippen LogP contribution in [0.1, 0.15) is 68.6 Å². The van der Waals surface area contributed by atoms with E-state index < -0.39 is 5.97 Å². The number of oxazole rings is 1.